The second-order valence-electron chi connectivity index (χ2n) is 13.0. The van der Waals surface area contributed by atoms with E-state index in [4.69, 9.17) is 147 Å². The van der Waals surface area contributed by atoms with E-state index < -0.39 is 35.5 Å². The van der Waals surface area contributed by atoms with E-state index in [1.165, 1.54) is 42.7 Å². The Morgan fingerprint density at radius 2 is 0.683 bits per heavy atom. The molecule has 0 fully saturated rings. The first-order chi connectivity index (χ1) is 29.8. The van der Waals surface area contributed by atoms with Gasteiger partial charge in [0.25, 0.3) is 35.5 Å². The van der Waals surface area contributed by atoms with Crippen molar-refractivity contribution in [1.29, 1.82) is 0 Å². The van der Waals surface area contributed by atoms with E-state index in [0.717, 1.165) is 19.3 Å². The van der Waals surface area contributed by atoms with E-state index >= 15 is 0 Å². The molecule has 3 aliphatic rings. The predicted octanol–water partition coefficient (Wildman–Crippen LogP) is 10.7. The highest BCUT2D eigenvalue weighted by molar-refractivity contribution is 6.48. The fourth-order valence-corrected chi connectivity index (χ4v) is 9.30. The molecule has 0 unspecified atom stereocenters. The smallest absolute Gasteiger partial charge is 0.282 e. The maximum atomic E-state index is 12.3. The molecule has 348 valence electrons. The minimum absolute atomic E-state index is 0.0738. The van der Waals surface area contributed by atoms with Crippen molar-refractivity contribution in [3.8, 4) is 17.2 Å². The highest BCUT2D eigenvalue weighted by Crippen LogP contribution is 2.53. The van der Waals surface area contributed by atoms with Crippen molar-refractivity contribution in [1.82, 2.24) is 16.0 Å². The van der Waals surface area contributed by atoms with Crippen molar-refractivity contribution < 1.29 is 57.0 Å². The number of carbonyl (C=O) groups is 3. The van der Waals surface area contributed by atoms with Gasteiger partial charge >= 0.3 is 0 Å². The van der Waals surface area contributed by atoms with Gasteiger partial charge in [-0.2, -0.15) is 0 Å². The number of hydrogen-bond acceptors (Lipinski definition) is 12. The summed E-state index contributed by atoms with van der Waals surface area (Å²) in [7, 11) is 8.24. The molecule has 0 radical (unpaired) electrons. The van der Waals surface area contributed by atoms with E-state index in [0.29, 0.717) is 19.8 Å². The van der Waals surface area contributed by atoms with Crippen LogP contribution in [0.5, 0.6) is 17.2 Å². The molecule has 6 rings (SSSR count). The molecule has 0 atom stereocenters. The summed E-state index contributed by atoms with van der Waals surface area (Å²) >= 11 is 56.2. The summed E-state index contributed by atoms with van der Waals surface area (Å²) in [6.07, 6.45) is 2.53. The molecule has 0 aliphatic carbocycles. The van der Waals surface area contributed by atoms with Gasteiger partial charge in [0.05, 0.1) is 83.3 Å². The number of carbonyl (C=O) groups excluding carboxylic acids is 3. The van der Waals surface area contributed by atoms with E-state index in [2.05, 4.69) is 16.0 Å². The second-order valence-corrected chi connectivity index (χ2v) is 16.4. The Labute approximate surface area is 408 Å². The van der Waals surface area contributed by atoms with Gasteiger partial charge in [-0.3, -0.25) is 30.3 Å². The van der Waals surface area contributed by atoms with Gasteiger partial charge in [-0.05, 0) is 19.8 Å². The van der Waals surface area contributed by atoms with Crippen molar-refractivity contribution in [2.24, 2.45) is 0 Å². The van der Waals surface area contributed by atoms with Crippen molar-refractivity contribution in [2.45, 2.75) is 57.8 Å². The Hall–Kier alpha value is -2.16. The molecule has 24 heteroatoms. The first-order valence-electron chi connectivity index (χ1n) is 18.6. The fraction of sp³-hybridized carbons (Fsp3) is 0.462. The molecule has 0 saturated heterocycles. The number of fused-ring (bicyclic) bond motifs is 3. The largest absolute Gasteiger partial charge is 0.491 e. The molecule has 3 aromatic carbocycles. The first kappa shape index (κ1) is 53.5. The summed E-state index contributed by atoms with van der Waals surface area (Å²) in [4.78, 5) is 36.6. The lowest BCUT2D eigenvalue weighted by molar-refractivity contribution is -0.225. The van der Waals surface area contributed by atoms with Crippen LogP contribution in [0.1, 0.15) is 87.8 Å². The average molecular weight is 1060 g/mol. The van der Waals surface area contributed by atoms with Crippen LogP contribution in [0.4, 0.5) is 0 Å². The van der Waals surface area contributed by atoms with Gasteiger partial charge < -0.3 is 42.6 Å². The number of nitrogens with one attached hydrogen (secondary N) is 3. The molecule has 3 amide bonds. The lowest BCUT2D eigenvalue weighted by Gasteiger charge is -2.27. The standard InChI is InChI=1S/C14H16Cl3NO4.C13H14Cl3NO4.C12H12Cl3NO4/c1-4-5-6-22-12-9(15)7-8(10(16)11(12)17)14(20-2,21-3)18-13(7)19;1-4-5-21-11-8(14)6-7(9(15)10(11)16)13(19-2,20-3)17-12(6)18;1-4-20-10-7(13)5-6(8(14)9(10)15)12(18-2,19-3)16-11(5)17/h4-6H2,1-3H3,(H,18,19);4-5H2,1-3H3,(H,17,18);4H2,1-3H3,(H,16,17). The highest BCUT2D eigenvalue weighted by Gasteiger charge is 2.51. The van der Waals surface area contributed by atoms with Crippen LogP contribution in [0.2, 0.25) is 45.2 Å². The number of unbranched alkanes of at least 4 members (excludes halogenated alkanes) is 1. The van der Waals surface area contributed by atoms with Crippen LogP contribution < -0.4 is 30.2 Å². The molecule has 63 heavy (non-hydrogen) atoms. The zero-order valence-electron chi connectivity index (χ0n) is 35.0. The maximum absolute atomic E-state index is 12.3. The van der Waals surface area contributed by atoms with Gasteiger partial charge in [0.2, 0.25) is 0 Å². The van der Waals surface area contributed by atoms with Gasteiger partial charge in [-0.25, -0.2) is 0 Å². The van der Waals surface area contributed by atoms with Gasteiger partial charge in [0.1, 0.15) is 15.1 Å². The molecule has 3 aliphatic heterocycles. The monoisotopic (exact) mass is 1060 g/mol. The van der Waals surface area contributed by atoms with Gasteiger partial charge in [-0.15, -0.1) is 0 Å². The number of halogens is 9. The van der Waals surface area contributed by atoms with Crippen molar-refractivity contribution in [3.05, 3.63) is 78.6 Å². The van der Waals surface area contributed by atoms with Crippen LogP contribution in [0.3, 0.4) is 0 Å². The zero-order chi connectivity index (χ0) is 47.4. The van der Waals surface area contributed by atoms with Crippen LogP contribution in [0.15, 0.2) is 0 Å². The normalized spacial score (nSPS) is 15.8. The Balaban J connectivity index is 0.000000208. The van der Waals surface area contributed by atoms with Crippen molar-refractivity contribution in [3.63, 3.8) is 0 Å². The Morgan fingerprint density at radius 3 is 0.937 bits per heavy atom. The third kappa shape index (κ3) is 9.54. The van der Waals surface area contributed by atoms with Crippen molar-refractivity contribution in [2.75, 3.05) is 62.5 Å². The Morgan fingerprint density at radius 1 is 0.397 bits per heavy atom. The zero-order valence-corrected chi connectivity index (χ0v) is 41.8. The van der Waals surface area contributed by atoms with Gasteiger partial charge in [0, 0.05) is 42.7 Å². The molecule has 0 aromatic heterocycles. The first-order valence-corrected chi connectivity index (χ1v) is 22.0. The molecule has 3 heterocycles. The summed E-state index contributed by atoms with van der Waals surface area (Å²) < 4.78 is 48.0. The average Bonchev–Trinajstić information content (AvgIpc) is 3.88. The topological polar surface area (TPSA) is 170 Å². The minimum atomic E-state index is -1.52. The molecule has 0 bridgehead atoms. The van der Waals surface area contributed by atoms with Crippen LogP contribution >= 0.6 is 104 Å². The van der Waals surface area contributed by atoms with Gasteiger partial charge in [0.15, 0.2) is 17.2 Å². The summed E-state index contributed by atoms with van der Waals surface area (Å²) in [5, 5.41) is 8.56. The van der Waals surface area contributed by atoms with E-state index in [1.807, 2.05) is 13.8 Å². The summed E-state index contributed by atoms with van der Waals surface area (Å²) in [6, 6.07) is 0. The lowest BCUT2D eigenvalue weighted by Crippen LogP contribution is -2.42. The molecule has 15 nitrogen and oxygen atoms in total. The molecule has 3 aromatic rings. The summed E-state index contributed by atoms with van der Waals surface area (Å²) in [6.45, 7) is 6.88. The molecule has 0 saturated carbocycles. The maximum Gasteiger partial charge on any atom is 0.282 e. The second kappa shape index (κ2) is 22.1. The number of hydrogen-bond donors (Lipinski definition) is 3. The summed E-state index contributed by atoms with van der Waals surface area (Å²) in [5.74, 6) is -5.42. The minimum Gasteiger partial charge on any atom is -0.491 e. The third-order valence-corrected chi connectivity index (χ3v) is 13.1. The Kier molecular flexibility index (Phi) is 18.7. The van der Waals surface area contributed by atoms with Crippen LogP contribution in [0.25, 0.3) is 0 Å². The number of methoxy groups -OCH3 is 6. The number of benzene rings is 3. The van der Waals surface area contributed by atoms with E-state index in [1.54, 1.807) is 6.92 Å². The molecular weight excluding hydrogens is 1020 g/mol. The van der Waals surface area contributed by atoms with Crippen LogP contribution in [-0.4, -0.2) is 80.2 Å². The fourth-order valence-electron chi connectivity index (χ4n) is 6.52. The highest BCUT2D eigenvalue weighted by atomic mass is 35.5. The van der Waals surface area contributed by atoms with Crippen molar-refractivity contribution >= 4 is 122 Å². The number of amides is 3. The van der Waals surface area contributed by atoms with E-state index in [-0.39, 0.29) is 95.8 Å². The quantitative estimate of drug-likeness (QED) is 0.0749. The SMILES string of the molecule is CCCCOc1c(Cl)c(Cl)c2c(c1Cl)C(=O)NC2(OC)OC.CCCOc1c(Cl)c(Cl)c2c(c1Cl)C(=O)NC2(OC)OC.CCOc1c(Cl)c(Cl)c2c(c1Cl)C(=O)NC2(OC)OC. The van der Waals surface area contributed by atoms with E-state index in [9.17, 15) is 14.4 Å². The predicted molar refractivity (Wildman–Crippen MR) is 241 cm³/mol. The number of ether oxygens (including phenoxy) is 9. The lowest BCUT2D eigenvalue weighted by atomic mass is 10.1. The number of rotatable bonds is 15. The Bertz CT molecular complexity index is 2250. The molecule has 0 spiro atoms. The summed E-state index contributed by atoms with van der Waals surface area (Å²) in [5.41, 5.74) is 1.16. The van der Waals surface area contributed by atoms with Crippen LogP contribution in [-0.2, 0) is 46.2 Å². The third-order valence-electron chi connectivity index (χ3n) is 9.55. The molecular formula is C39H42Cl9N3O12. The molecule has 3 N–H and O–H groups in total. The van der Waals surface area contributed by atoms with Gasteiger partial charge in [-0.1, -0.05) is 125 Å². The van der Waals surface area contributed by atoms with Crippen LogP contribution in [0, 0.1) is 0 Å².